The van der Waals surface area contributed by atoms with Crippen molar-refractivity contribution in [2.24, 2.45) is 0 Å². The van der Waals surface area contributed by atoms with Crippen molar-refractivity contribution >= 4 is 0 Å². The number of aliphatic hydroxyl groups excluding tert-OH is 1. The van der Waals surface area contributed by atoms with E-state index in [1.54, 1.807) is 6.07 Å². The molecule has 2 nitrogen and oxygen atoms in total. The van der Waals surface area contributed by atoms with E-state index < -0.39 is 11.7 Å². The Morgan fingerprint density at radius 2 is 1.52 bits per heavy atom. The van der Waals surface area contributed by atoms with Crippen LogP contribution in [0.3, 0.4) is 0 Å². The SMILES string of the molecule is CCCCCc1c(C(C)C)nc(C(C)C)c(CO)c1-c1ccccc1C(F)(F)F. The molecule has 0 saturated heterocycles. The molecule has 1 aromatic carbocycles. The first-order valence-electron chi connectivity index (χ1n) is 10.5. The van der Waals surface area contributed by atoms with E-state index in [-0.39, 0.29) is 24.0 Å². The highest BCUT2D eigenvalue weighted by Crippen LogP contribution is 2.43. The molecule has 0 saturated carbocycles. The van der Waals surface area contributed by atoms with Crippen molar-refractivity contribution in [2.75, 3.05) is 0 Å². The molecule has 0 aliphatic rings. The second-order valence-corrected chi connectivity index (χ2v) is 8.18. The lowest BCUT2D eigenvalue weighted by atomic mass is 9.84. The monoisotopic (exact) mass is 407 g/mol. The van der Waals surface area contributed by atoms with E-state index in [0.717, 1.165) is 36.6 Å². The molecule has 2 rings (SSSR count). The molecular weight excluding hydrogens is 375 g/mol. The van der Waals surface area contributed by atoms with Gasteiger partial charge in [0.25, 0.3) is 0 Å². The third-order valence-electron chi connectivity index (χ3n) is 5.25. The quantitative estimate of drug-likeness (QED) is 0.468. The molecular formula is C24H32F3NO. The first-order valence-corrected chi connectivity index (χ1v) is 10.5. The van der Waals surface area contributed by atoms with Gasteiger partial charge in [0.2, 0.25) is 0 Å². The van der Waals surface area contributed by atoms with E-state index in [2.05, 4.69) is 6.92 Å². The van der Waals surface area contributed by atoms with Crippen LogP contribution >= 0.6 is 0 Å². The van der Waals surface area contributed by atoms with Gasteiger partial charge in [-0.1, -0.05) is 65.7 Å². The number of hydrogen-bond donors (Lipinski definition) is 1. The molecule has 0 aliphatic carbocycles. The average Bonchev–Trinajstić information content (AvgIpc) is 2.66. The summed E-state index contributed by atoms with van der Waals surface area (Å²) in [6.07, 6.45) is -0.913. The number of nitrogens with zero attached hydrogens (tertiary/aromatic N) is 1. The molecule has 0 aliphatic heterocycles. The molecule has 2 aromatic rings. The minimum Gasteiger partial charge on any atom is -0.392 e. The van der Waals surface area contributed by atoms with Gasteiger partial charge in [0.15, 0.2) is 0 Å². The highest BCUT2D eigenvalue weighted by atomic mass is 19.4. The summed E-state index contributed by atoms with van der Waals surface area (Å²) in [4.78, 5) is 4.86. The van der Waals surface area contributed by atoms with Crippen LogP contribution in [-0.4, -0.2) is 10.1 Å². The highest BCUT2D eigenvalue weighted by Gasteiger charge is 2.35. The molecule has 1 aromatic heterocycles. The van der Waals surface area contributed by atoms with Gasteiger partial charge in [-0.15, -0.1) is 0 Å². The Kier molecular flexibility index (Phi) is 7.87. The van der Waals surface area contributed by atoms with Gasteiger partial charge in [0.05, 0.1) is 12.2 Å². The molecule has 0 bridgehead atoms. The molecule has 0 fully saturated rings. The number of unbranched alkanes of at least 4 members (excludes halogenated alkanes) is 2. The molecule has 160 valence electrons. The average molecular weight is 408 g/mol. The maximum absolute atomic E-state index is 13.8. The first kappa shape index (κ1) is 23.4. The van der Waals surface area contributed by atoms with Crippen molar-refractivity contribution in [3.8, 4) is 11.1 Å². The van der Waals surface area contributed by atoms with E-state index >= 15 is 0 Å². The molecule has 5 heteroatoms. The Morgan fingerprint density at radius 1 is 0.931 bits per heavy atom. The van der Waals surface area contributed by atoms with Crippen LogP contribution in [0.25, 0.3) is 11.1 Å². The molecule has 1 N–H and O–H groups in total. The molecule has 0 amide bonds. The van der Waals surface area contributed by atoms with Gasteiger partial charge in [-0.25, -0.2) is 0 Å². The van der Waals surface area contributed by atoms with Crippen LogP contribution in [0.1, 0.15) is 93.8 Å². The second-order valence-electron chi connectivity index (χ2n) is 8.18. The Hall–Kier alpha value is -1.88. The summed E-state index contributed by atoms with van der Waals surface area (Å²) in [6, 6.07) is 5.69. The zero-order valence-corrected chi connectivity index (χ0v) is 18.0. The van der Waals surface area contributed by atoms with Gasteiger partial charge in [-0.3, -0.25) is 4.98 Å². The summed E-state index contributed by atoms with van der Waals surface area (Å²) < 4.78 is 41.5. The van der Waals surface area contributed by atoms with E-state index in [9.17, 15) is 18.3 Å². The number of pyridine rings is 1. The summed E-state index contributed by atoms with van der Waals surface area (Å²) in [5, 5.41) is 10.2. The Bertz CT molecular complexity index is 826. The number of hydrogen-bond acceptors (Lipinski definition) is 2. The van der Waals surface area contributed by atoms with Crippen LogP contribution in [0, 0.1) is 0 Å². The van der Waals surface area contributed by atoms with Crippen molar-refractivity contribution in [1.29, 1.82) is 0 Å². The predicted octanol–water partition coefficient (Wildman–Crippen LogP) is 7.24. The second kappa shape index (κ2) is 9.75. The van der Waals surface area contributed by atoms with Crippen LogP contribution in [0.15, 0.2) is 24.3 Å². The number of rotatable bonds is 8. The third-order valence-corrected chi connectivity index (χ3v) is 5.25. The zero-order valence-electron chi connectivity index (χ0n) is 18.0. The van der Waals surface area contributed by atoms with Crippen LogP contribution < -0.4 is 0 Å². The summed E-state index contributed by atoms with van der Waals surface area (Å²) in [5.74, 6) is 0.0739. The fourth-order valence-corrected chi connectivity index (χ4v) is 3.90. The van der Waals surface area contributed by atoms with E-state index in [0.29, 0.717) is 23.2 Å². The summed E-state index contributed by atoms with van der Waals surface area (Å²) in [5.41, 5.74) is 2.89. The topological polar surface area (TPSA) is 33.1 Å². The number of halogens is 3. The number of aliphatic hydroxyl groups is 1. The first-order chi connectivity index (χ1) is 13.6. The molecule has 0 radical (unpaired) electrons. The minimum atomic E-state index is -4.47. The lowest BCUT2D eigenvalue weighted by Gasteiger charge is -2.25. The molecule has 1 heterocycles. The number of alkyl halides is 3. The Balaban J connectivity index is 2.94. The van der Waals surface area contributed by atoms with Crippen molar-refractivity contribution in [3.63, 3.8) is 0 Å². The third kappa shape index (κ3) is 5.19. The van der Waals surface area contributed by atoms with Crippen LogP contribution in [0.2, 0.25) is 0 Å². The van der Waals surface area contributed by atoms with Crippen molar-refractivity contribution in [2.45, 2.75) is 84.9 Å². The maximum atomic E-state index is 13.8. The summed E-state index contributed by atoms with van der Waals surface area (Å²) >= 11 is 0. The van der Waals surface area contributed by atoms with Crippen LogP contribution in [0.4, 0.5) is 13.2 Å². The van der Waals surface area contributed by atoms with Crippen LogP contribution in [-0.2, 0) is 19.2 Å². The fraction of sp³-hybridized carbons (Fsp3) is 0.542. The highest BCUT2D eigenvalue weighted by molar-refractivity contribution is 5.76. The normalized spacial score (nSPS) is 12.2. The lowest BCUT2D eigenvalue weighted by molar-refractivity contribution is -0.137. The standard InChI is InChI=1S/C24H32F3NO/c1-6-7-8-12-18-21(17-11-9-10-13-20(17)24(25,26)27)19(14-29)23(16(4)5)28-22(18)15(2)3/h9-11,13,15-16,29H,6-8,12,14H2,1-5H3. The van der Waals surface area contributed by atoms with E-state index in [4.69, 9.17) is 4.98 Å². The van der Waals surface area contributed by atoms with E-state index in [1.165, 1.54) is 12.1 Å². The van der Waals surface area contributed by atoms with Crippen molar-refractivity contribution in [1.82, 2.24) is 4.98 Å². The van der Waals surface area contributed by atoms with Gasteiger partial charge in [-0.2, -0.15) is 13.2 Å². The zero-order chi connectivity index (χ0) is 21.8. The van der Waals surface area contributed by atoms with Gasteiger partial charge in [-0.05, 0) is 47.4 Å². The Labute approximate surface area is 172 Å². The molecule has 0 atom stereocenters. The molecule has 29 heavy (non-hydrogen) atoms. The van der Waals surface area contributed by atoms with Gasteiger partial charge < -0.3 is 5.11 Å². The predicted molar refractivity (Wildman–Crippen MR) is 112 cm³/mol. The molecule has 0 unspecified atom stereocenters. The minimum absolute atomic E-state index is 0.00357. The van der Waals surface area contributed by atoms with Gasteiger partial charge in [0, 0.05) is 17.0 Å². The Morgan fingerprint density at radius 3 is 2.03 bits per heavy atom. The van der Waals surface area contributed by atoms with Crippen LogP contribution in [0.5, 0.6) is 0 Å². The maximum Gasteiger partial charge on any atom is 0.417 e. The fourth-order valence-electron chi connectivity index (χ4n) is 3.90. The lowest BCUT2D eigenvalue weighted by Crippen LogP contribution is -2.15. The number of aromatic nitrogens is 1. The van der Waals surface area contributed by atoms with Crippen molar-refractivity contribution in [3.05, 3.63) is 52.3 Å². The molecule has 0 spiro atoms. The van der Waals surface area contributed by atoms with E-state index in [1.807, 2.05) is 27.7 Å². The van der Waals surface area contributed by atoms with Gasteiger partial charge >= 0.3 is 6.18 Å². The smallest absolute Gasteiger partial charge is 0.392 e. The number of benzene rings is 1. The largest absolute Gasteiger partial charge is 0.417 e. The van der Waals surface area contributed by atoms with Crippen molar-refractivity contribution < 1.29 is 18.3 Å². The summed E-state index contributed by atoms with van der Waals surface area (Å²) in [7, 11) is 0. The summed E-state index contributed by atoms with van der Waals surface area (Å²) in [6.45, 7) is 9.73. The van der Waals surface area contributed by atoms with Gasteiger partial charge in [0.1, 0.15) is 0 Å².